The second kappa shape index (κ2) is 4.27. The molecule has 0 aliphatic rings. The van der Waals surface area contributed by atoms with Crippen molar-refractivity contribution < 1.29 is 62.2 Å². The summed E-state index contributed by atoms with van der Waals surface area (Å²) in [7, 11) is 0. The Morgan fingerprint density at radius 2 is 0.650 bits per heavy atom. The number of hydrogen-bond donors (Lipinski definition) is 0. The molecule has 0 aromatic heterocycles. The molecule has 0 spiro atoms. The third-order valence-corrected chi connectivity index (χ3v) is 2.11. The molecule has 0 amide bonds. The highest BCUT2D eigenvalue weighted by molar-refractivity contribution is 5.10. The van der Waals surface area contributed by atoms with Crippen molar-refractivity contribution in [1.82, 2.24) is 0 Å². The zero-order valence-corrected chi connectivity index (χ0v) is 8.32. The van der Waals surface area contributed by atoms with Crippen molar-refractivity contribution in [3.8, 4) is 0 Å². The summed E-state index contributed by atoms with van der Waals surface area (Å²) in [6.45, 7) is 0. The van der Waals surface area contributed by atoms with Crippen molar-refractivity contribution >= 4 is 0 Å². The van der Waals surface area contributed by atoms with Crippen molar-refractivity contribution in [2.75, 3.05) is 0 Å². The zero-order valence-electron chi connectivity index (χ0n) is 8.32. The fourth-order valence-corrected chi connectivity index (χ4v) is 1.23. The van der Waals surface area contributed by atoms with Gasteiger partial charge in [0.05, 0.1) is 0 Å². The molecule has 14 heteroatoms. The van der Waals surface area contributed by atoms with Crippen LogP contribution in [0, 0.1) is 5.41 Å². The molecule has 0 saturated carbocycles. The summed E-state index contributed by atoms with van der Waals surface area (Å²) in [6.07, 6.45) is -31.4. The molecule has 0 bridgehead atoms. The standard InChI is InChI=1S/C6F13O/c7-2(8,6(18,19)20)1(3(9,10)11,4(12,13)14)5(15,16)17. The Morgan fingerprint density at radius 3 is 0.700 bits per heavy atom. The van der Waals surface area contributed by atoms with Gasteiger partial charge in [-0.05, 0) is 0 Å². The Hall–Kier alpha value is -0.950. The molecule has 20 heavy (non-hydrogen) atoms. The summed E-state index contributed by atoms with van der Waals surface area (Å²) >= 11 is 0. The molecule has 0 atom stereocenters. The first-order valence-corrected chi connectivity index (χ1v) is 3.91. The summed E-state index contributed by atoms with van der Waals surface area (Å²) in [5, 5.41) is 9.53. The second-order valence-corrected chi connectivity index (χ2v) is 3.33. The van der Waals surface area contributed by atoms with Gasteiger partial charge in [-0.2, -0.15) is 62.2 Å². The summed E-state index contributed by atoms with van der Waals surface area (Å²) in [6, 6.07) is 0. The van der Waals surface area contributed by atoms with E-state index in [0.29, 0.717) is 0 Å². The topological polar surface area (TPSA) is 19.9 Å². The predicted octanol–water partition coefficient (Wildman–Crippen LogP) is 4.32. The lowest BCUT2D eigenvalue weighted by Crippen LogP contribution is -2.73. The third kappa shape index (κ3) is 2.26. The van der Waals surface area contributed by atoms with Crippen LogP contribution < -0.4 is 0 Å². The van der Waals surface area contributed by atoms with Gasteiger partial charge in [-0.3, -0.25) is 0 Å². The molecule has 0 aromatic rings. The lowest BCUT2D eigenvalue weighted by atomic mass is 9.77. The van der Waals surface area contributed by atoms with Crippen LogP contribution in [0.1, 0.15) is 0 Å². The molecule has 0 saturated heterocycles. The highest BCUT2D eigenvalue weighted by Gasteiger charge is 2.98. The fraction of sp³-hybridized carbons (Fsp3) is 1.00. The van der Waals surface area contributed by atoms with E-state index in [0.717, 1.165) is 0 Å². The van der Waals surface area contributed by atoms with Gasteiger partial charge in [0.2, 0.25) is 0 Å². The maximum absolute atomic E-state index is 12.5. The van der Waals surface area contributed by atoms with Gasteiger partial charge in [-0.25, -0.2) is 0 Å². The zero-order chi connectivity index (χ0) is 17.0. The van der Waals surface area contributed by atoms with Gasteiger partial charge < -0.3 is 0 Å². The Bertz CT molecular complexity index is 315. The molecular formula is C6F13O. The van der Waals surface area contributed by atoms with Crippen LogP contribution in [0.5, 0.6) is 0 Å². The highest BCUT2D eigenvalue weighted by atomic mass is 19.4. The summed E-state index contributed by atoms with van der Waals surface area (Å²) in [4.78, 5) is 0. The van der Waals surface area contributed by atoms with Crippen LogP contribution in [0.2, 0.25) is 0 Å². The lowest BCUT2D eigenvalue weighted by Gasteiger charge is -2.43. The number of halogens is 13. The molecular weight excluding hydrogens is 335 g/mol. The number of rotatable bonds is 2. The average Bonchev–Trinajstić information content (AvgIpc) is 1.89. The van der Waals surface area contributed by atoms with E-state index < -0.39 is 36.0 Å². The van der Waals surface area contributed by atoms with Crippen LogP contribution in [0.3, 0.4) is 0 Å². The van der Waals surface area contributed by atoms with Crippen LogP contribution in [0.25, 0.3) is 0 Å². The van der Waals surface area contributed by atoms with Crippen molar-refractivity contribution in [2.24, 2.45) is 5.41 Å². The molecule has 1 radical (unpaired) electrons. The molecule has 0 N–H and O–H groups in total. The quantitative estimate of drug-likeness (QED) is 0.670. The predicted molar refractivity (Wildman–Crippen MR) is 31.2 cm³/mol. The van der Waals surface area contributed by atoms with E-state index in [1.165, 1.54) is 0 Å². The van der Waals surface area contributed by atoms with Gasteiger partial charge >= 0.3 is 36.0 Å². The van der Waals surface area contributed by atoms with Crippen molar-refractivity contribution in [3.63, 3.8) is 0 Å². The van der Waals surface area contributed by atoms with E-state index in [4.69, 9.17) is 0 Å². The Morgan fingerprint density at radius 1 is 0.450 bits per heavy atom. The van der Waals surface area contributed by atoms with Gasteiger partial charge in [-0.15, -0.1) is 0 Å². The van der Waals surface area contributed by atoms with Gasteiger partial charge in [0.1, 0.15) is 0 Å². The van der Waals surface area contributed by atoms with Crippen LogP contribution in [0.4, 0.5) is 57.1 Å². The van der Waals surface area contributed by atoms with Gasteiger partial charge in [0.15, 0.2) is 0 Å². The molecule has 0 aliphatic heterocycles. The van der Waals surface area contributed by atoms with E-state index in [2.05, 4.69) is 0 Å². The van der Waals surface area contributed by atoms with E-state index in [1.54, 1.807) is 0 Å². The Labute approximate surface area is 99.5 Å². The van der Waals surface area contributed by atoms with E-state index in [1.807, 2.05) is 0 Å². The van der Waals surface area contributed by atoms with Crippen molar-refractivity contribution in [1.29, 1.82) is 0 Å². The first kappa shape index (κ1) is 19.1. The number of hydrogen-bond acceptors (Lipinski definition) is 0. The van der Waals surface area contributed by atoms with Crippen molar-refractivity contribution in [2.45, 2.75) is 30.6 Å². The maximum Gasteiger partial charge on any atom is 0.446 e. The minimum atomic E-state index is -8.20. The van der Waals surface area contributed by atoms with Crippen LogP contribution in [-0.4, -0.2) is 30.6 Å². The molecule has 121 valence electrons. The first-order chi connectivity index (χ1) is 8.25. The monoisotopic (exact) mass is 335 g/mol. The first-order valence-electron chi connectivity index (χ1n) is 3.91. The van der Waals surface area contributed by atoms with Crippen molar-refractivity contribution in [3.05, 3.63) is 0 Å². The van der Waals surface area contributed by atoms with E-state index in [-0.39, 0.29) is 0 Å². The van der Waals surface area contributed by atoms with E-state index >= 15 is 0 Å². The molecule has 0 heterocycles. The summed E-state index contributed by atoms with van der Waals surface area (Å²) in [5.41, 5.74) is -8.20. The van der Waals surface area contributed by atoms with Gasteiger partial charge in [-0.1, -0.05) is 0 Å². The van der Waals surface area contributed by atoms with E-state index in [9.17, 15) is 62.2 Å². The largest absolute Gasteiger partial charge is 0.446 e. The molecule has 0 aromatic carbocycles. The summed E-state index contributed by atoms with van der Waals surface area (Å²) < 4.78 is 157. The van der Waals surface area contributed by atoms with Gasteiger partial charge in [0.25, 0.3) is 0 Å². The lowest BCUT2D eigenvalue weighted by molar-refractivity contribution is -0.521. The second-order valence-electron chi connectivity index (χ2n) is 3.33. The van der Waals surface area contributed by atoms with Crippen LogP contribution in [0.15, 0.2) is 0 Å². The maximum atomic E-state index is 12.5. The summed E-state index contributed by atoms with van der Waals surface area (Å²) in [5.74, 6) is -8.06. The molecule has 0 unspecified atom stereocenters. The fourth-order valence-electron chi connectivity index (χ4n) is 1.23. The van der Waals surface area contributed by atoms with Crippen LogP contribution in [-0.2, 0) is 5.11 Å². The molecule has 0 fully saturated rings. The van der Waals surface area contributed by atoms with Crippen LogP contribution >= 0.6 is 0 Å². The van der Waals surface area contributed by atoms with Gasteiger partial charge in [0, 0.05) is 0 Å². The SMILES string of the molecule is [O]C(F)(F)C(F)(F)C(C(F)(F)F)(C(F)(F)F)C(F)(F)F. The Kier molecular flexibility index (Phi) is 4.07. The third-order valence-electron chi connectivity index (χ3n) is 2.11. The Balaban J connectivity index is 6.83. The minimum Gasteiger partial charge on any atom is -0.195 e. The molecule has 0 aliphatic carbocycles. The average molecular weight is 335 g/mol. The smallest absolute Gasteiger partial charge is 0.195 e. The molecule has 0 rings (SSSR count). The highest BCUT2D eigenvalue weighted by Crippen LogP contribution is 2.68. The normalized spacial score (nSPS) is 16.5. The number of alkyl halides is 13. The molecule has 1 nitrogen and oxygen atoms in total. The minimum absolute atomic E-state index is 7.49.